The van der Waals surface area contributed by atoms with Crippen LogP contribution in [0.4, 0.5) is 0 Å². The molecule has 1 aromatic heterocycles. The van der Waals surface area contributed by atoms with Gasteiger partial charge in [0, 0.05) is 17.5 Å². The van der Waals surface area contributed by atoms with Crippen molar-refractivity contribution in [1.29, 1.82) is 0 Å². The summed E-state index contributed by atoms with van der Waals surface area (Å²) < 4.78 is 3.66. The van der Waals surface area contributed by atoms with Crippen molar-refractivity contribution in [2.45, 2.75) is 37.8 Å². The van der Waals surface area contributed by atoms with E-state index in [0.29, 0.717) is 11.7 Å². The van der Waals surface area contributed by atoms with Crippen LogP contribution < -0.4 is 11.1 Å². The number of hydrogen-bond acceptors (Lipinski definition) is 5. The molecule has 1 aliphatic carbocycles. The van der Waals surface area contributed by atoms with Crippen LogP contribution in [0.1, 0.15) is 36.2 Å². The molecule has 0 radical (unpaired) electrons. The minimum Gasteiger partial charge on any atom is -0.348 e. The van der Waals surface area contributed by atoms with Gasteiger partial charge in [-0.1, -0.05) is 4.49 Å². The summed E-state index contributed by atoms with van der Waals surface area (Å²) in [5.41, 5.74) is 6.20. The van der Waals surface area contributed by atoms with Gasteiger partial charge in [-0.15, -0.1) is 17.5 Å². The van der Waals surface area contributed by atoms with Gasteiger partial charge in [0.15, 0.2) is 5.69 Å². The van der Waals surface area contributed by atoms with Crippen LogP contribution in [0.3, 0.4) is 0 Å². The van der Waals surface area contributed by atoms with E-state index >= 15 is 0 Å². The van der Waals surface area contributed by atoms with Crippen molar-refractivity contribution in [2.75, 3.05) is 0 Å². The van der Waals surface area contributed by atoms with Crippen molar-refractivity contribution in [2.24, 2.45) is 5.73 Å². The van der Waals surface area contributed by atoms with Crippen LogP contribution in [0.5, 0.6) is 0 Å². The number of carbonyl (C=O) groups excluding carboxylic acids is 1. The minimum absolute atomic E-state index is 0. The number of nitrogens with zero attached hydrogens (tertiary/aromatic N) is 2. The summed E-state index contributed by atoms with van der Waals surface area (Å²) in [6.45, 7) is 0. The molecule has 1 saturated carbocycles. The number of nitrogens with one attached hydrogen (secondary N) is 1. The highest BCUT2D eigenvalue weighted by Gasteiger charge is 2.21. The summed E-state index contributed by atoms with van der Waals surface area (Å²) in [4.78, 5) is 11.6. The monoisotopic (exact) mass is 262 g/mol. The molecule has 1 aromatic rings. The first-order chi connectivity index (χ1) is 7.25. The van der Waals surface area contributed by atoms with Crippen LogP contribution in [-0.2, 0) is 0 Å². The maximum atomic E-state index is 11.6. The first kappa shape index (κ1) is 13.3. The Morgan fingerprint density at radius 1 is 1.44 bits per heavy atom. The maximum absolute atomic E-state index is 11.6. The molecule has 0 unspecified atom stereocenters. The van der Waals surface area contributed by atoms with Crippen molar-refractivity contribution < 1.29 is 4.79 Å². The third-order valence-electron chi connectivity index (χ3n) is 2.70. The summed E-state index contributed by atoms with van der Waals surface area (Å²) in [5, 5.41) is 8.34. The summed E-state index contributed by atoms with van der Waals surface area (Å²) in [6, 6.07) is 0.554. The van der Waals surface area contributed by atoms with Gasteiger partial charge in [0.1, 0.15) is 0 Å². The first-order valence-electron chi connectivity index (χ1n) is 5.09. The molecule has 0 atom stereocenters. The van der Waals surface area contributed by atoms with Crippen LogP contribution in [-0.4, -0.2) is 27.6 Å². The summed E-state index contributed by atoms with van der Waals surface area (Å²) in [5.74, 6) is -0.121. The summed E-state index contributed by atoms with van der Waals surface area (Å²) in [7, 11) is 0. The first-order valence-corrected chi connectivity index (χ1v) is 5.93. The fraction of sp³-hybridized carbons (Fsp3) is 0.667. The Kier molecular flexibility index (Phi) is 5.11. The normalized spacial score (nSPS) is 24.6. The number of halogens is 1. The lowest BCUT2D eigenvalue weighted by Gasteiger charge is -2.26. The largest absolute Gasteiger partial charge is 0.348 e. The molecule has 0 spiro atoms. The molecule has 5 nitrogen and oxygen atoms in total. The Hall–Kier alpha value is -0.720. The topological polar surface area (TPSA) is 80.9 Å². The van der Waals surface area contributed by atoms with Gasteiger partial charge in [0.05, 0.1) is 0 Å². The number of hydrogen-bond donors (Lipinski definition) is 2. The van der Waals surface area contributed by atoms with Crippen LogP contribution >= 0.6 is 23.9 Å². The van der Waals surface area contributed by atoms with E-state index in [4.69, 9.17) is 5.73 Å². The SMILES string of the molecule is Cl.NC1CCC(NC(=O)c2csnn2)CC1. The zero-order chi connectivity index (χ0) is 10.7. The molecular weight excluding hydrogens is 248 g/mol. The lowest BCUT2D eigenvalue weighted by molar-refractivity contribution is 0.0921. The molecule has 2 rings (SSSR count). The Morgan fingerprint density at radius 2 is 2.12 bits per heavy atom. The number of nitrogens with two attached hydrogens (primary N) is 1. The third-order valence-corrected chi connectivity index (χ3v) is 3.20. The zero-order valence-corrected chi connectivity index (χ0v) is 10.4. The zero-order valence-electron chi connectivity index (χ0n) is 8.76. The van der Waals surface area contributed by atoms with Crippen molar-refractivity contribution in [1.82, 2.24) is 14.9 Å². The fourth-order valence-corrected chi connectivity index (χ4v) is 2.22. The lowest BCUT2D eigenvalue weighted by Crippen LogP contribution is -2.40. The maximum Gasteiger partial charge on any atom is 0.272 e. The van der Waals surface area contributed by atoms with Gasteiger partial charge in [0.25, 0.3) is 5.91 Å². The van der Waals surface area contributed by atoms with Crippen LogP contribution in [0.25, 0.3) is 0 Å². The molecule has 0 aromatic carbocycles. The molecular formula is C9H15ClN4OS. The highest BCUT2D eigenvalue weighted by Crippen LogP contribution is 2.17. The van der Waals surface area contributed by atoms with Crippen LogP contribution in [0, 0.1) is 0 Å². The number of aromatic nitrogens is 2. The van der Waals surface area contributed by atoms with Crippen molar-refractivity contribution in [3.8, 4) is 0 Å². The second-order valence-corrected chi connectivity index (χ2v) is 4.49. The standard InChI is InChI=1S/C9H14N4OS.ClH/c10-6-1-3-7(4-2-6)11-9(14)8-5-15-13-12-8;/h5-7H,1-4,10H2,(H,11,14);1H. The quantitative estimate of drug-likeness (QED) is 0.832. The Morgan fingerprint density at radius 3 is 2.69 bits per heavy atom. The highest BCUT2D eigenvalue weighted by molar-refractivity contribution is 7.03. The molecule has 0 saturated heterocycles. The molecule has 1 amide bonds. The number of carbonyl (C=O) groups is 1. The number of amides is 1. The summed E-state index contributed by atoms with van der Waals surface area (Å²) >= 11 is 1.19. The molecule has 3 N–H and O–H groups in total. The van der Waals surface area contributed by atoms with E-state index in [1.165, 1.54) is 11.5 Å². The minimum atomic E-state index is -0.121. The Balaban J connectivity index is 0.00000128. The van der Waals surface area contributed by atoms with E-state index in [1.807, 2.05) is 0 Å². The van der Waals surface area contributed by atoms with Crippen molar-refractivity contribution in [3.63, 3.8) is 0 Å². The average Bonchev–Trinajstić information content (AvgIpc) is 2.74. The van der Waals surface area contributed by atoms with E-state index in [1.54, 1.807) is 5.38 Å². The third kappa shape index (κ3) is 3.40. The van der Waals surface area contributed by atoms with Gasteiger partial charge in [0.2, 0.25) is 0 Å². The second kappa shape index (κ2) is 6.12. The molecule has 0 aliphatic heterocycles. The average molecular weight is 263 g/mol. The molecule has 1 fully saturated rings. The predicted octanol–water partition coefficient (Wildman–Crippen LogP) is 0.960. The van der Waals surface area contributed by atoms with E-state index in [-0.39, 0.29) is 24.4 Å². The van der Waals surface area contributed by atoms with Crippen molar-refractivity contribution >= 4 is 29.8 Å². The van der Waals surface area contributed by atoms with Crippen LogP contribution in [0.15, 0.2) is 5.38 Å². The van der Waals surface area contributed by atoms with Gasteiger partial charge in [-0.05, 0) is 37.2 Å². The molecule has 90 valence electrons. The second-order valence-electron chi connectivity index (χ2n) is 3.88. The fourth-order valence-electron chi connectivity index (χ4n) is 1.79. The van der Waals surface area contributed by atoms with Crippen molar-refractivity contribution in [3.05, 3.63) is 11.1 Å². The smallest absolute Gasteiger partial charge is 0.272 e. The number of rotatable bonds is 2. The van der Waals surface area contributed by atoms with E-state index in [2.05, 4.69) is 14.9 Å². The van der Waals surface area contributed by atoms with E-state index in [0.717, 1.165) is 25.7 Å². The molecule has 16 heavy (non-hydrogen) atoms. The molecule has 7 heteroatoms. The van der Waals surface area contributed by atoms with Gasteiger partial charge < -0.3 is 11.1 Å². The van der Waals surface area contributed by atoms with Crippen LogP contribution in [0.2, 0.25) is 0 Å². The van der Waals surface area contributed by atoms with E-state index < -0.39 is 0 Å². The van der Waals surface area contributed by atoms with Gasteiger partial charge in [-0.3, -0.25) is 4.79 Å². The highest BCUT2D eigenvalue weighted by atomic mass is 35.5. The van der Waals surface area contributed by atoms with Gasteiger partial charge in [-0.25, -0.2) is 0 Å². The van der Waals surface area contributed by atoms with Gasteiger partial charge >= 0.3 is 0 Å². The molecule has 1 heterocycles. The Labute approximate surface area is 104 Å². The summed E-state index contributed by atoms with van der Waals surface area (Å²) in [6.07, 6.45) is 3.90. The van der Waals surface area contributed by atoms with Gasteiger partial charge in [-0.2, -0.15) is 0 Å². The molecule has 1 aliphatic rings. The molecule has 0 bridgehead atoms. The predicted molar refractivity (Wildman–Crippen MR) is 64.9 cm³/mol. The lowest BCUT2D eigenvalue weighted by atomic mass is 9.92. The Bertz CT molecular complexity index is 324. The van der Waals surface area contributed by atoms with E-state index in [9.17, 15) is 4.79 Å².